The van der Waals surface area contributed by atoms with Crippen LogP contribution in [0.5, 0.6) is 17.2 Å². The molecule has 160 valence electrons. The number of rotatable bonds is 9. The van der Waals surface area contributed by atoms with Crippen LogP contribution in [0, 0.1) is 0 Å². The number of halogens is 1. The average molecular weight is 482 g/mol. The standard InChI is InChI=1S/C25H24BrNO4/c1-29-22-13-8-18(9-14-22)16-27-24(28)15-10-20-4-3-5-23(30-2)25(20)31-17-19-6-11-21(26)12-7-19/h3-15H,16-17H2,1-2H3,(H,27,28)/b15-10+. The molecule has 1 N–H and O–H groups in total. The lowest BCUT2D eigenvalue weighted by atomic mass is 10.1. The number of carbonyl (C=O) groups excluding carboxylic acids is 1. The van der Waals surface area contributed by atoms with E-state index in [4.69, 9.17) is 14.2 Å². The summed E-state index contributed by atoms with van der Waals surface area (Å²) in [7, 11) is 3.22. The number of hydrogen-bond acceptors (Lipinski definition) is 4. The number of para-hydroxylation sites is 1. The lowest BCUT2D eigenvalue weighted by Crippen LogP contribution is -2.20. The minimum absolute atomic E-state index is 0.197. The Hall–Kier alpha value is -3.25. The van der Waals surface area contributed by atoms with Crippen LogP contribution in [0.15, 0.2) is 77.3 Å². The highest BCUT2D eigenvalue weighted by Gasteiger charge is 2.10. The van der Waals surface area contributed by atoms with Gasteiger partial charge in [-0.05, 0) is 47.5 Å². The first kappa shape index (κ1) is 22.4. The summed E-state index contributed by atoms with van der Waals surface area (Å²) in [6.07, 6.45) is 3.22. The number of ether oxygens (including phenoxy) is 3. The Morgan fingerprint density at radius 2 is 1.65 bits per heavy atom. The van der Waals surface area contributed by atoms with Crippen molar-refractivity contribution in [3.05, 3.63) is 94.0 Å². The van der Waals surface area contributed by atoms with Gasteiger partial charge in [-0.2, -0.15) is 0 Å². The molecule has 0 saturated carbocycles. The van der Waals surface area contributed by atoms with Crippen molar-refractivity contribution < 1.29 is 19.0 Å². The van der Waals surface area contributed by atoms with Gasteiger partial charge in [0.1, 0.15) is 12.4 Å². The van der Waals surface area contributed by atoms with Gasteiger partial charge < -0.3 is 19.5 Å². The third-order valence-electron chi connectivity index (χ3n) is 4.57. The first-order valence-corrected chi connectivity index (χ1v) is 10.5. The van der Waals surface area contributed by atoms with E-state index in [0.717, 1.165) is 26.9 Å². The van der Waals surface area contributed by atoms with Crippen LogP contribution in [-0.2, 0) is 17.9 Å². The maximum absolute atomic E-state index is 12.3. The molecule has 0 bridgehead atoms. The summed E-state index contributed by atoms with van der Waals surface area (Å²) in [5, 5.41) is 2.87. The second-order valence-electron chi connectivity index (χ2n) is 6.69. The van der Waals surface area contributed by atoms with E-state index in [-0.39, 0.29) is 5.91 Å². The Morgan fingerprint density at radius 1 is 0.935 bits per heavy atom. The zero-order valence-corrected chi connectivity index (χ0v) is 19.0. The van der Waals surface area contributed by atoms with Crippen molar-refractivity contribution in [1.29, 1.82) is 0 Å². The highest BCUT2D eigenvalue weighted by atomic mass is 79.9. The summed E-state index contributed by atoms with van der Waals surface area (Å²) in [6, 6.07) is 21.0. The molecule has 0 radical (unpaired) electrons. The summed E-state index contributed by atoms with van der Waals surface area (Å²) >= 11 is 3.43. The SMILES string of the molecule is COc1ccc(CNC(=O)/C=C/c2cccc(OC)c2OCc2ccc(Br)cc2)cc1. The number of nitrogens with one attached hydrogen (secondary N) is 1. The summed E-state index contributed by atoms with van der Waals surface area (Å²) in [5.74, 6) is 1.78. The molecule has 0 atom stereocenters. The second kappa shape index (κ2) is 11.2. The monoisotopic (exact) mass is 481 g/mol. The van der Waals surface area contributed by atoms with Gasteiger partial charge in [-0.15, -0.1) is 0 Å². The molecule has 3 rings (SSSR count). The van der Waals surface area contributed by atoms with Gasteiger partial charge in [-0.1, -0.05) is 52.3 Å². The summed E-state index contributed by atoms with van der Waals surface area (Å²) < 4.78 is 17.6. The maximum Gasteiger partial charge on any atom is 0.244 e. The molecule has 3 aromatic rings. The molecule has 0 saturated heterocycles. The van der Waals surface area contributed by atoms with Gasteiger partial charge in [-0.3, -0.25) is 4.79 Å². The molecule has 0 aromatic heterocycles. The summed E-state index contributed by atoms with van der Waals surface area (Å²) in [6.45, 7) is 0.816. The van der Waals surface area contributed by atoms with Crippen molar-refractivity contribution >= 4 is 27.9 Å². The van der Waals surface area contributed by atoms with E-state index in [2.05, 4.69) is 21.2 Å². The molecule has 0 aliphatic rings. The van der Waals surface area contributed by atoms with Crippen molar-refractivity contribution in [2.24, 2.45) is 0 Å². The van der Waals surface area contributed by atoms with Crippen LogP contribution < -0.4 is 19.5 Å². The van der Waals surface area contributed by atoms with E-state index in [1.165, 1.54) is 6.08 Å². The molecule has 0 spiro atoms. The van der Waals surface area contributed by atoms with E-state index in [9.17, 15) is 4.79 Å². The normalized spacial score (nSPS) is 10.7. The molecule has 6 heteroatoms. The van der Waals surface area contributed by atoms with Crippen molar-refractivity contribution in [1.82, 2.24) is 5.32 Å². The van der Waals surface area contributed by atoms with Crippen molar-refractivity contribution in [2.45, 2.75) is 13.2 Å². The van der Waals surface area contributed by atoms with Crippen LogP contribution in [0.4, 0.5) is 0 Å². The van der Waals surface area contributed by atoms with Gasteiger partial charge in [-0.25, -0.2) is 0 Å². The fraction of sp³-hybridized carbons (Fsp3) is 0.160. The Morgan fingerprint density at radius 3 is 2.32 bits per heavy atom. The second-order valence-corrected chi connectivity index (χ2v) is 7.61. The molecular weight excluding hydrogens is 458 g/mol. The van der Waals surface area contributed by atoms with E-state index in [1.807, 2.05) is 66.7 Å². The number of carbonyl (C=O) groups is 1. The molecule has 0 unspecified atom stereocenters. The Bertz CT molecular complexity index is 1030. The first-order valence-electron chi connectivity index (χ1n) is 9.72. The fourth-order valence-electron chi connectivity index (χ4n) is 2.87. The van der Waals surface area contributed by atoms with Crippen LogP contribution in [0.3, 0.4) is 0 Å². The smallest absolute Gasteiger partial charge is 0.244 e. The lowest BCUT2D eigenvalue weighted by Gasteiger charge is -2.13. The number of benzene rings is 3. The zero-order valence-electron chi connectivity index (χ0n) is 17.4. The minimum Gasteiger partial charge on any atom is -0.497 e. The lowest BCUT2D eigenvalue weighted by molar-refractivity contribution is -0.116. The summed E-state index contributed by atoms with van der Waals surface area (Å²) in [5.41, 5.74) is 2.78. The van der Waals surface area contributed by atoms with Crippen LogP contribution in [0.1, 0.15) is 16.7 Å². The molecule has 0 aliphatic heterocycles. The van der Waals surface area contributed by atoms with Crippen LogP contribution in [0.2, 0.25) is 0 Å². The fourth-order valence-corrected chi connectivity index (χ4v) is 3.14. The Balaban J connectivity index is 1.65. The molecule has 5 nitrogen and oxygen atoms in total. The zero-order chi connectivity index (χ0) is 22.1. The summed E-state index contributed by atoms with van der Waals surface area (Å²) in [4.78, 5) is 12.3. The molecule has 3 aromatic carbocycles. The van der Waals surface area contributed by atoms with Crippen LogP contribution in [0.25, 0.3) is 6.08 Å². The van der Waals surface area contributed by atoms with E-state index in [1.54, 1.807) is 20.3 Å². The Labute approximate surface area is 190 Å². The molecule has 31 heavy (non-hydrogen) atoms. The quantitative estimate of drug-likeness (QED) is 0.417. The average Bonchev–Trinajstić information content (AvgIpc) is 2.81. The highest BCUT2D eigenvalue weighted by Crippen LogP contribution is 2.32. The number of hydrogen-bond donors (Lipinski definition) is 1. The minimum atomic E-state index is -0.197. The number of methoxy groups -OCH3 is 2. The van der Waals surface area contributed by atoms with E-state index in [0.29, 0.717) is 24.7 Å². The number of amides is 1. The predicted molar refractivity (Wildman–Crippen MR) is 125 cm³/mol. The topological polar surface area (TPSA) is 56.8 Å². The molecule has 1 amide bonds. The predicted octanol–water partition coefficient (Wildman–Crippen LogP) is 5.37. The van der Waals surface area contributed by atoms with Gasteiger partial charge in [0.2, 0.25) is 5.91 Å². The third kappa shape index (κ3) is 6.62. The maximum atomic E-state index is 12.3. The molecule has 0 aliphatic carbocycles. The van der Waals surface area contributed by atoms with Gasteiger partial charge in [0.25, 0.3) is 0 Å². The molecule has 0 heterocycles. The van der Waals surface area contributed by atoms with Crippen LogP contribution in [-0.4, -0.2) is 20.1 Å². The first-order chi connectivity index (χ1) is 15.1. The van der Waals surface area contributed by atoms with E-state index < -0.39 is 0 Å². The van der Waals surface area contributed by atoms with Gasteiger partial charge in [0, 0.05) is 22.7 Å². The van der Waals surface area contributed by atoms with Crippen molar-refractivity contribution in [2.75, 3.05) is 14.2 Å². The van der Waals surface area contributed by atoms with Gasteiger partial charge in [0.15, 0.2) is 11.5 Å². The molecule has 0 fully saturated rings. The molecular formula is C25H24BrNO4. The highest BCUT2D eigenvalue weighted by molar-refractivity contribution is 9.10. The van der Waals surface area contributed by atoms with Gasteiger partial charge in [0.05, 0.1) is 14.2 Å². The van der Waals surface area contributed by atoms with Crippen molar-refractivity contribution in [3.63, 3.8) is 0 Å². The van der Waals surface area contributed by atoms with Gasteiger partial charge >= 0.3 is 0 Å². The van der Waals surface area contributed by atoms with E-state index >= 15 is 0 Å². The van der Waals surface area contributed by atoms with Crippen LogP contribution >= 0.6 is 15.9 Å². The third-order valence-corrected chi connectivity index (χ3v) is 5.09. The van der Waals surface area contributed by atoms with Crippen molar-refractivity contribution in [3.8, 4) is 17.2 Å². The largest absolute Gasteiger partial charge is 0.497 e. The Kier molecular flexibility index (Phi) is 8.12.